The molecule has 0 spiro atoms. The van der Waals surface area contributed by atoms with Crippen molar-refractivity contribution in [2.45, 2.75) is 6.92 Å². The summed E-state index contributed by atoms with van der Waals surface area (Å²) < 4.78 is 3.57. The van der Waals surface area contributed by atoms with Gasteiger partial charge in [0.05, 0.1) is 11.4 Å². The fraction of sp³-hybridized carbons (Fsp3) is 0.143. The molecule has 0 aliphatic heterocycles. The molecule has 0 heterocycles. The van der Waals surface area contributed by atoms with E-state index in [1.165, 1.54) is 0 Å². The standard InChI is InChI=1S/C7H8N2S/c1-5-2-3-7(9-10)6(8)4-5/h2-4H,8H2,1H3. The summed E-state index contributed by atoms with van der Waals surface area (Å²) in [4.78, 5) is 0. The zero-order chi connectivity index (χ0) is 7.56. The number of nitrogens with zero attached hydrogens (tertiary/aromatic N) is 1. The van der Waals surface area contributed by atoms with Crippen LogP contribution in [-0.2, 0) is 12.4 Å². The number of nitrogen functional groups attached to an aromatic ring is 1. The molecule has 0 aromatic heterocycles. The fourth-order valence-corrected chi connectivity index (χ4v) is 0.923. The van der Waals surface area contributed by atoms with Crippen LogP contribution in [0.3, 0.4) is 0 Å². The Morgan fingerprint density at radius 3 is 2.70 bits per heavy atom. The van der Waals surface area contributed by atoms with Gasteiger partial charge in [0.15, 0.2) is 0 Å². The number of benzene rings is 1. The van der Waals surface area contributed by atoms with E-state index >= 15 is 0 Å². The number of nitrogens with two attached hydrogens (primary N) is 1. The first kappa shape index (κ1) is 7.15. The Kier molecular flexibility index (Phi) is 1.97. The second-order valence-corrected chi connectivity index (χ2v) is 2.34. The van der Waals surface area contributed by atoms with Crippen LogP contribution in [0.5, 0.6) is 0 Å². The lowest BCUT2D eigenvalue weighted by atomic mass is 10.2. The average molecular weight is 152 g/mol. The second-order valence-electron chi connectivity index (χ2n) is 2.15. The molecule has 1 rings (SSSR count). The Morgan fingerprint density at radius 2 is 2.20 bits per heavy atom. The third-order valence-electron chi connectivity index (χ3n) is 1.28. The molecule has 10 heavy (non-hydrogen) atoms. The highest BCUT2D eigenvalue weighted by molar-refractivity contribution is 7.47. The summed E-state index contributed by atoms with van der Waals surface area (Å²) >= 11 is 4.49. The van der Waals surface area contributed by atoms with Gasteiger partial charge in [-0.1, -0.05) is 6.07 Å². The first-order valence-corrected chi connectivity index (χ1v) is 3.30. The van der Waals surface area contributed by atoms with Gasteiger partial charge in [0.25, 0.3) is 0 Å². The van der Waals surface area contributed by atoms with Crippen LogP contribution in [0.15, 0.2) is 22.6 Å². The van der Waals surface area contributed by atoms with E-state index < -0.39 is 0 Å². The second kappa shape index (κ2) is 2.75. The monoisotopic (exact) mass is 152 g/mol. The first-order chi connectivity index (χ1) is 4.74. The molecule has 0 aliphatic rings. The highest BCUT2D eigenvalue weighted by Crippen LogP contribution is 2.21. The van der Waals surface area contributed by atoms with E-state index in [-0.39, 0.29) is 0 Å². The molecule has 0 saturated carbocycles. The van der Waals surface area contributed by atoms with E-state index in [1.54, 1.807) is 0 Å². The summed E-state index contributed by atoms with van der Waals surface area (Å²) in [6.07, 6.45) is 0. The van der Waals surface area contributed by atoms with Crippen molar-refractivity contribution in [2.75, 3.05) is 5.73 Å². The van der Waals surface area contributed by atoms with Crippen LogP contribution in [0, 0.1) is 6.92 Å². The van der Waals surface area contributed by atoms with Crippen molar-refractivity contribution in [1.82, 2.24) is 0 Å². The average Bonchev–Trinajstić information content (AvgIpc) is 1.88. The van der Waals surface area contributed by atoms with E-state index in [9.17, 15) is 0 Å². The normalized spacial score (nSPS) is 9.30. The van der Waals surface area contributed by atoms with Crippen molar-refractivity contribution >= 4 is 23.8 Å². The summed E-state index contributed by atoms with van der Waals surface area (Å²) in [6.45, 7) is 1.98. The first-order valence-electron chi connectivity index (χ1n) is 2.93. The quantitative estimate of drug-likeness (QED) is 0.624. The molecule has 1 aromatic carbocycles. The van der Waals surface area contributed by atoms with Gasteiger partial charge in [-0.15, -0.1) is 0 Å². The minimum atomic E-state index is 0.648. The zero-order valence-corrected chi connectivity index (χ0v) is 6.48. The van der Waals surface area contributed by atoms with E-state index in [4.69, 9.17) is 5.73 Å². The van der Waals surface area contributed by atoms with Crippen LogP contribution in [0.25, 0.3) is 0 Å². The number of hydrogen-bond donors (Lipinski definition) is 1. The number of hydrogen-bond acceptors (Lipinski definition) is 3. The van der Waals surface area contributed by atoms with Crippen LogP contribution in [0.4, 0.5) is 11.4 Å². The van der Waals surface area contributed by atoms with Gasteiger partial charge in [0, 0.05) is 12.4 Å². The number of aryl methyl sites for hydroxylation is 1. The molecule has 3 heteroatoms. The molecule has 0 radical (unpaired) electrons. The van der Waals surface area contributed by atoms with Gasteiger partial charge in [0.1, 0.15) is 0 Å². The van der Waals surface area contributed by atoms with Gasteiger partial charge in [0.2, 0.25) is 0 Å². The maximum absolute atomic E-state index is 5.57. The summed E-state index contributed by atoms with van der Waals surface area (Å²) in [6, 6.07) is 5.60. The summed E-state index contributed by atoms with van der Waals surface area (Å²) in [5, 5.41) is 0. The Hall–Kier alpha value is -0.960. The molecule has 0 bridgehead atoms. The van der Waals surface area contributed by atoms with Crippen LogP contribution < -0.4 is 5.73 Å². The molecule has 0 saturated heterocycles. The Bertz CT molecular complexity index is 258. The van der Waals surface area contributed by atoms with Gasteiger partial charge >= 0.3 is 0 Å². The summed E-state index contributed by atoms with van der Waals surface area (Å²) in [5.41, 5.74) is 8.03. The van der Waals surface area contributed by atoms with Crippen LogP contribution in [0.1, 0.15) is 5.56 Å². The summed E-state index contributed by atoms with van der Waals surface area (Å²) in [5.74, 6) is 0. The minimum absolute atomic E-state index is 0.648. The molecule has 0 aliphatic carbocycles. The Morgan fingerprint density at radius 1 is 1.50 bits per heavy atom. The predicted molar refractivity (Wildman–Crippen MR) is 45.0 cm³/mol. The molecule has 0 unspecified atom stereocenters. The highest BCUT2D eigenvalue weighted by atomic mass is 32.1. The molecule has 1 aromatic rings. The van der Waals surface area contributed by atoms with Crippen molar-refractivity contribution in [3.63, 3.8) is 0 Å². The van der Waals surface area contributed by atoms with Crippen molar-refractivity contribution in [2.24, 2.45) is 4.36 Å². The highest BCUT2D eigenvalue weighted by Gasteiger charge is 1.94. The van der Waals surface area contributed by atoms with Crippen molar-refractivity contribution in [1.29, 1.82) is 0 Å². The molecule has 0 atom stereocenters. The predicted octanol–water partition coefficient (Wildman–Crippen LogP) is 1.94. The topological polar surface area (TPSA) is 38.4 Å². The SMILES string of the molecule is Cc1ccc(N=S)c(N)c1. The largest absolute Gasteiger partial charge is 0.397 e. The van der Waals surface area contributed by atoms with Crippen LogP contribution in [-0.4, -0.2) is 0 Å². The van der Waals surface area contributed by atoms with Gasteiger partial charge in [-0.05, 0) is 24.6 Å². The molecular formula is C7H8N2S. The number of rotatable bonds is 1. The minimum Gasteiger partial charge on any atom is -0.397 e. The van der Waals surface area contributed by atoms with Gasteiger partial charge in [-0.3, -0.25) is 0 Å². The Balaban J connectivity index is 3.19. The third-order valence-corrected chi connectivity index (χ3v) is 1.48. The van der Waals surface area contributed by atoms with E-state index in [0.29, 0.717) is 11.4 Å². The van der Waals surface area contributed by atoms with Crippen molar-refractivity contribution in [3.05, 3.63) is 23.8 Å². The fourth-order valence-electron chi connectivity index (χ4n) is 0.757. The maximum Gasteiger partial charge on any atom is 0.0998 e. The lowest BCUT2D eigenvalue weighted by molar-refractivity contribution is 1.45. The molecule has 0 amide bonds. The van der Waals surface area contributed by atoms with E-state index in [1.807, 2.05) is 25.1 Å². The van der Waals surface area contributed by atoms with Crippen molar-refractivity contribution in [3.8, 4) is 0 Å². The third kappa shape index (κ3) is 1.30. The van der Waals surface area contributed by atoms with Crippen LogP contribution >= 0.6 is 0 Å². The Labute approximate surface area is 65.2 Å². The van der Waals surface area contributed by atoms with Crippen molar-refractivity contribution < 1.29 is 0 Å². The lowest BCUT2D eigenvalue weighted by Crippen LogP contribution is -1.85. The lowest BCUT2D eigenvalue weighted by Gasteiger charge is -1.97. The van der Waals surface area contributed by atoms with Gasteiger partial charge in [-0.2, -0.15) is 4.36 Å². The smallest absolute Gasteiger partial charge is 0.0998 e. The molecular weight excluding hydrogens is 144 g/mol. The van der Waals surface area contributed by atoms with Gasteiger partial charge < -0.3 is 5.73 Å². The molecule has 0 fully saturated rings. The number of anilines is 1. The van der Waals surface area contributed by atoms with Gasteiger partial charge in [-0.25, -0.2) is 0 Å². The molecule has 52 valence electrons. The molecule has 2 nitrogen and oxygen atoms in total. The van der Waals surface area contributed by atoms with Crippen LogP contribution in [0.2, 0.25) is 0 Å². The van der Waals surface area contributed by atoms with E-state index in [2.05, 4.69) is 16.8 Å². The van der Waals surface area contributed by atoms with E-state index in [0.717, 1.165) is 5.56 Å². The zero-order valence-electron chi connectivity index (χ0n) is 5.66. The summed E-state index contributed by atoms with van der Waals surface area (Å²) in [7, 11) is 0. The molecule has 2 N–H and O–H groups in total. The maximum atomic E-state index is 5.57.